The van der Waals surface area contributed by atoms with Crippen LogP contribution >= 0.6 is 0 Å². The van der Waals surface area contributed by atoms with Crippen molar-refractivity contribution in [1.29, 1.82) is 5.26 Å². The third-order valence-corrected chi connectivity index (χ3v) is 9.41. The first kappa shape index (κ1) is 28.7. The Bertz CT molecular complexity index is 1530. The molecule has 0 atom stereocenters. The van der Waals surface area contributed by atoms with Gasteiger partial charge in [-0.3, -0.25) is 4.79 Å². The molecule has 1 saturated heterocycles. The maximum absolute atomic E-state index is 13.8. The Labute approximate surface area is 239 Å². The van der Waals surface area contributed by atoms with Gasteiger partial charge in [0.25, 0.3) is 0 Å². The molecule has 0 radical (unpaired) electrons. The summed E-state index contributed by atoms with van der Waals surface area (Å²) >= 11 is 0. The van der Waals surface area contributed by atoms with Crippen LogP contribution in [-0.2, 0) is 14.6 Å². The lowest BCUT2D eigenvalue weighted by Crippen LogP contribution is -2.40. The quantitative estimate of drug-likeness (QED) is 0.471. The number of carbonyl (C=O) groups is 1. The van der Waals surface area contributed by atoms with Gasteiger partial charge in [-0.15, -0.1) is 0 Å². The molecule has 3 heterocycles. The van der Waals surface area contributed by atoms with Gasteiger partial charge in [-0.2, -0.15) is 10.4 Å². The fourth-order valence-corrected chi connectivity index (χ4v) is 6.29. The zero-order valence-corrected chi connectivity index (χ0v) is 23.4. The van der Waals surface area contributed by atoms with Crippen LogP contribution in [0.5, 0.6) is 0 Å². The van der Waals surface area contributed by atoms with Gasteiger partial charge in [0, 0.05) is 43.9 Å². The van der Waals surface area contributed by atoms with Crippen molar-refractivity contribution in [3.8, 4) is 23.0 Å². The minimum atomic E-state index is -2.92. The average molecular weight is 585 g/mol. The summed E-state index contributed by atoms with van der Waals surface area (Å²) in [5.41, 5.74) is 2.10. The number of benzene rings is 1. The highest BCUT2D eigenvalue weighted by molar-refractivity contribution is 7.91. The van der Waals surface area contributed by atoms with Gasteiger partial charge in [0.1, 0.15) is 11.4 Å². The Morgan fingerprint density at radius 1 is 1.05 bits per heavy atom. The van der Waals surface area contributed by atoms with Crippen molar-refractivity contribution in [2.45, 2.75) is 50.5 Å². The van der Waals surface area contributed by atoms with Crippen LogP contribution in [0.15, 0.2) is 48.9 Å². The summed E-state index contributed by atoms with van der Waals surface area (Å²) < 4.78 is 51.2. The molecule has 3 aromatic rings. The lowest BCUT2D eigenvalue weighted by atomic mass is 9.88. The molecule has 1 aromatic carbocycles. The van der Waals surface area contributed by atoms with Crippen LogP contribution in [0.1, 0.15) is 46.4 Å². The number of hydrogen-bond donors (Lipinski definition) is 1. The first-order valence-corrected chi connectivity index (χ1v) is 15.6. The van der Waals surface area contributed by atoms with Crippen LogP contribution in [-0.4, -0.2) is 59.2 Å². The number of aromatic nitrogens is 3. The molecule has 1 N–H and O–H groups in total. The summed E-state index contributed by atoms with van der Waals surface area (Å²) in [4.78, 5) is 17.5. The van der Waals surface area contributed by atoms with E-state index in [0.717, 1.165) is 67.6 Å². The normalized spacial score (nSPS) is 19.4. The summed E-state index contributed by atoms with van der Waals surface area (Å²) in [6.45, 7) is 0.963. The van der Waals surface area contributed by atoms with Crippen molar-refractivity contribution in [2.75, 3.05) is 29.5 Å². The van der Waals surface area contributed by atoms with E-state index in [-0.39, 0.29) is 30.6 Å². The highest BCUT2D eigenvalue weighted by Gasteiger charge is 2.45. The van der Waals surface area contributed by atoms with Crippen molar-refractivity contribution >= 4 is 21.4 Å². The van der Waals surface area contributed by atoms with Gasteiger partial charge in [0.05, 0.1) is 30.0 Å². The molecule has 218 valence electrons. The molecule has 0 spiro atoms. The molecule has 1 aliphatic heterocycles. The van der Waals surface area contributed by atoms with E-state index in [4.69, 9.17) is 5.26 Å². The highest BCUT2D eigenvalue weighted by Crippen LogP contribution is 2.35. The number of rotatable bonds is 5. The number of pyridine rings is 1. The van der Waals surface area contributed by atoms with Crippen molar-refractivity contribution in [3.05, 3.63) is 60.6 Å². The Morgan fingerprint density at radius 2 is 1.73 bits per heavy atom. The van der Waals surface area contributed by atoms with Gasteiger partial charge in [-0.05, 0) is 43.4 Å². The molecule has 2 aromatic heterocycles. The van der Waals surface area contributed by atoms with Gasteiger partial charge >= 0.3 is 0 Å². The molecule has 1 amide bonds. The Balaban J connectivity index is 0.000000228. The van der Waals surface area contributed by atoms with E-state index in [1.54, 1.807) is 12.4 Å². The molecule has 0 unspecified atom stereocenters. The zero-order valence-electron chi connectivity index (χ0n) is 22.6. The predicted octanol–water partition coefficient (Wildman–Crippen LogP) is 4.43. The number of halogens is 2. The minimum absolute atomic E-state index is 0. The number of hydrogen-bond acceptors (Lipinski definition) is 7. The third kappa shape index (κ3) is 7.08. The van der Waals surface area contributed by atoms with E-state index < -0.39 is 27.0 Å². The average Bonchev–Trinajstić information content (AvgIpc) is 3.58. The number of nitrogens with zero attached hydrogens (tertiary/aromatic N) is 5. The number of sulfone groups is 1. The number of amides is 1. The first-order chi connectivity index (χ1) is 19.7. The summed E-state index contributed by atoms with van der Waals surface area (Å²) in [6.07, 6.45) is 11.4. The first-order valence-electron chi connectivity index (χ1n) is 13.8. The fourth-order valence-electron chi connectivity index (χ4n) is 5.09. The van der Waals surface area contributed by atoms with Crippen molar-refractivity contribution in [3.63, 3.8) is 0 Å². The summed E-state index contributed by atoms with van der Waals surface area (Å²) in [5, 5.41) is 15.8. The predicted molar refractivity (Wildman–Crippen MR) is 152 cm³/mol. The van der Waals surface area contributed by atoms with Crippen LogP contribution in [0.3, 0.4) is 0 Å². The van der Waals surface area contributed by atoms with Gasteiger partial charge < -0.3 is 10.2 Å². The van der Waals surface area contributed by atoms with E-state index >= 15 is 0 Å². The van der Waals surface area contributed by atoms with Gasteiger partial charge in [-0.25, -0.2) is 26.9 Å². The fraction of sp³-hybridized carbons (Fsp3) is 0.448. The van der Waals surface area contributed by atoms with Crippen LogP contribution in [0.4, 0.5) is 14.5 Å². The number of anilines is 1. The Morgan fingerprint density at radius 3 is 2.34 bits per heavy atom. The second-order valence-electron chi connectivity index (χ2n) is 10.8. The van der Waals surface area contributed by atoms with Gasteiger partial charge in [-0.1, -0.05) is 31.4 Å². The van der Waals surface area contributed by atoms with Crippen LogP contribution in [0.2, 0.25) is 0 Å². The molecule has 41 heavy (non-hydrogen) atoms. The SMILES string of the molecule is N#CC1(NC(=O)C2CCCCC2)CC1.O=S1(=O)CCN(c2ccc(-c3cnn(-c4ncc(F)cc4F)c3)cc2)CC1.[HH]. The summed E-state index contributed by atoms with van der Waals surface area (Å²) in [5.74, 6) is -0.993. The molecule has 3 fully saturated rings. The second kappa shape index (κ2) is 11.9. The van der Waals surface area contributed by atoms with Crippen molar-refractivity contribution < 1.29 is 23.4 Å². The van der Waals surface area contributed by atoms with E-state index in [9.17, 15) is 22.0 Å². The van der Waals surface area contributed by atoms with E-state index in [1.807, 2.05) is 29.2 Å². The van der Waals surface area contributed by atoms with Crippen LogP contribution < -0.4 is 10.2 Å². The zero-order chi connectivity index (χ0) is 29.0. The lowest BCUT2D eigenvalue weighted by Gasteiger charge is -2.28. The maximum Gasteiger partial charge on any atom is 0.224 e. The Kier molecular flexibility index (Phi) is 8.35. The number of nitrogens with one attached hydrogen (secondary N) is 1. The maximum atomic E-state index is 13.8. The highest BCUT2D eigenvalue weighted by atomic mass is 32.2. The van der Waals surface area contributed by atoms with E-state index in [2.05, 4.69) is 21.5 Å². The van der Waals surface area contributed by atoms with Gasteiger partial charge in [0.15, 0.2) is 21.5 Å². The molecule has 9 nitrogen and oxygen atoms in total. The molecule has 3 aliphatic rings. The van der Waals surface area contributed by atoms with Crippen molar-refractivity contribution in [1.82, 2.24) is 20.1 Å². The molecular weight excluding hydrogens is 550 g/mol. The third-order valence-electron chi connectivity index (χ3n) is 7.80. The monoisotopic (exact) mass is 584 g/mol. The topological polar surface area (TPSA) is 121 Å². The van der Waals surface area contributed by atoms with Crippen LogP contribution in [0.25, 0.3) is 16.9 Å². The smallest absolute Gasteiger partial charge is 0.224 e. The molecule has 0 bridgehead atoms. The largest absolute Gasteiger partial charge is 0.369 e. The molecular formula is C29H34F2N6O3S. The standard InChI is InChI=1S/C18H16F2N4O2S.C11H16N2O.H2/c19-15-9-17(20)18(21-11-15)24-12-14(10-22-24)13-1-3-16(4-2-13)23-5-7-27(25,26)8-6-23;12-8-11(6-7-11)13-10(14)9-4-2-1-3-5-9;/h1-4,9-12H,5-8H2;9H,1-7H2,(H,13,14);1H. The number of carbonyl (C=O) groups excluding carboxylic acids is 1. The lowest BCUT2D eigenvalue weighted by molar-refractivity contribution is -0.126. The molecule has 2 saturated carbocycles. The van der Waals surface area contributed by atoms with Gasteiger partial charge in [0.2, 0.25) is 5.91 Å². The van der Waals surface area contributed by atoms with E-state index in [0.29, 0.717) is 13.1 Å². The number of nitriles is 1. The van der Waals surface area contributed by atoms with Crippen LogP contribution in [0, 0.1) is 28.9 Å². The molecule has 6 rings (SSSR count). The molecule has 2 aliphatic carbocycles. The molecule has 12 heteroatoms. The van der Waals surface area contributed by atoms with E-state index in [1.165, 1.54) is 11.1 Å². The Hall–Kier alpha value is -3.85. The summed E-state index contributed by atoms with van der Waals surface area (Å²) in [6, 6.07) is 10.6. The second-order valence-corrected chi connectivity index (χ2v) is 13.1. The van der Waals surface area contributed by atoms with Crippen molar-refractivity contribution in [2.24, 2.45) is 5.92 Å². The minimum Gasteiger partial charge on any atom is -0.369 e. The summed E-state index contributed by atoms with van der Waals surface area (Å²) in [7, 11) is -2.92.